The van der Waals surface area contributed by atoms with E-state index in [2.05, 4.69) is 179 Å². The molecule has 0 radical (unpaired) electrons. The quantitative estimate of drug-likeness (QED) is 0.149. The molecule has 0 N–H and O–H groups in total. The first kappa shape index (κ1) is 36.7. The number of benzene rings is 9. The first-order chi connectivity index (χ1) is 29.4. The summed E-state index contributed by atoms with van der Waals surface area (Å²) in [6.45, 7) is 0. The third kappa shape index (κ3) is 7.01. The van der Waals surface area contributed by atoms with Crippen LogP contribution in [0.1, 0.15) is 5.56 Å². The predicted molar refractivity (Wildman–Crippen MR) is 242 cm³/mol. The Morgan fingerprint density at radius 2 is 0.600 bits per heavy atom. The lowest BCUT2D eigenvalue weighted by Crippen LogP contribution is -2.09. The van der Waals surface area contributed by atoms with Crippen molar-refractivity contribution >= 4 is 38.9 Å². The third-order valence-electron chi connectivity index (χ3n) is 11.3. The predicted octanol–water partition coefficient (Wildman–Crippen LogP) is 15.9. The van der Waals surface area contributed by atoms with Crippen LogP contribution in [0.15, 0.2) is 224 Å². The van der Waals surface area contributed by atoms with E-state index < -0.39 is 11.7 Å². The Hall–Kier alpha value is -7.63. The Bertz CT molecular complexity index is 3000. The molecule has 5 heteroatoms. The highest BCUT2D eigenvalue weighted by Gasteiger charge is 2.30. The molecule has 0 saturated carbocycles. The van der Waals surface area contributed by atoms with E-state index in [-0.39, 0.29) is 0 Å². The van der Waals surface area contributed by atoms with E-state index in [0.29, 0.717) is 0 Å². The molecule has 1 aromatic heterocycles. The molecule has 0 aliphatic heterocycles. The average Bonchev–Trinajstić information content (AvgIpc) is 3.64. The molecule has 2 nitrogen and oxygen atoms in total. The Labute approximate surface area is 346 Å². The molecule has 0 aliphatic rings. The van der Waals surface area contributed by atoms with Crippen molar-refractivity contribution in [3.8, 4) is 50.2 Å². The van der Waals surface area contributed by atoms with Gasteiger partial charge in [-0.2, -0.15) is 13.2 Å². The molecular formula is C55H37F3N2. The molecule has 0 bridgehead atoms. The number of hydrogen-bond acceptors (Lipinski definition) is 1. The lowest BCUT2D eigenvalue weighted by molar-refractivity contribution is -0.137. The van der Waals surface area contributed by atoms with Gasteiger partial charge in [-0.25, -0.2) is 0 Å². The summed E-state index contributed by atoms with van der Waals surface area (Å²) in [6, 6.07) is 75.1. The average molecular weight is 783 g/mol. The van der Waals surface area contributed by atoms with Gasteiger partial charge in [0, 0.05) is 33.5 Å². The van der Waals surface area contributed by atoms with Crippen LogP contribution in [0.2, 0.25) is 0 Å². The van der Waals surface area contributed by atoms with E-state index in [1.807, 2.05) is 30.3 Å². The van der Waals surface area contributed by atoms with Gasteiger partial charge < -0.3 is 9.47 Å². The summed E-state index contributed by atoms with van der Waals surface area (Å²) < 4.78 is 42.1. The summed E-state index contributed by atoms with van der Waals surface area (Å²) in [7, 11) is 0. The number of aromatic nitrogens is 1. The van der Waals surface area contributed by atoms with Crippen molar-refractivity contribution in [1.29, 1.82) is 0 Å². The molecule has 10 rings (SSSR count). The van der Waals surface area contributed by atoms with Gasteiger partial charge in [-0.3, -0.25) is 0 Å². The monoisotopic (exact) mass is 782 g/mol. The Balaban J connectivity index is 0.965. The molecular weight excluding hydrogens is 746 g/mol. The molecule has 0 saturated heterocycles. The van der Waals surface area contributed by atoms with E-state index in [9.17, 15) is 13.2 Å². The maximum Gasteiger partial charge on any atom is 0.416 e. The van der Waals surface area contributed by atoms with Crippen LogP contribution in [-0.4, -0.2) is 4.57 Å². The smallest absolute Gasteiger partial charge is 0.311 e. The Kier molecular flexibility index (Phi) is 9.34. The molecule has 9 aromatic carbocycles. The number of fused-ring (bicyclic) bond motifs is 3. The topological polar surface area (TPSA) is 8.17 Å². The fourth-order valence-corrected chi connectivity index (χ4v) is 8.20. The van der Waals surface area contributed by atoms with Crippen molar-refractivity contribution < 1.29 is 13.2 Å². The second kappa shape index (κ2) is 15.3. The molecule has 0 atom stereocenters. The highest BCUT2D eigenvalue weighted by molar-refractivity contribution is 6.09. The van der Waals surface area contributed by atoms with Gasteiger partial charge in [-0.15, -0.1) is 0 Å². The van der Waals surface area contributed by atoms with Gasteiger partial charge in [0.1, 0.15) is 0 Å². The van der Waals surface area contributed by atoms with Gasteiger partial charge >= 0.3 is 6.18 Å². The number of alkyl halides is 3. The minimum absolute atomic E-state index is 0.660. The van der Waals surface area contributed by atoms with Crippen molar-refractivity contribution in [1.82, 2.24) is 4.57 Å². The summed E-state index contributed by atoms with van der Waals surface area (Å²) >= 11 is 0. The minimum Gasteiger partial charge on any atom is -0.311 e. The number of hydrogen-bond donors (Lipinski definition) is 0. The number of nitrogens with zero attached hydrogens (tertiary/aromatic N) is 2. The first-order valence-corrected chi connectivity index (χ1v) is 19.9. The summed E-state index contributed by atoms with van der Waals surface area (Å²) in [4.78, 5) is 2.20. The summed E-state index contributed by atoms with van der Waals surface area (Å²) in [5.41, 5.74) is 14.0. The fraction of sp³-hybridized carbons (Fsp3) is 0.0182. The van der Waals surface area contributed by atoms with Gasteiger partial charge in [-0.05, 0) is 117 Å². The molecule has 0 aliphatic carbocycles. The molecule has 288 valence electrons. The number of halogens is 3. The van der Waals surface area contributed by atoms with Gasteiger partial charge in [0.25, 0.3) is 0 Å². The summed E-state index contributed by atoms with van der Waals surface area (Å²) in [5, 5.41) is 2.47. The molecule has 10 aromatic rings. The lowest BCUT2D eigenvalue weighted by atomic mass is 10.00. The van der Waals surface area contributed by atoms with Crippen LogP contribution in [-0.2, 0) is 6.18 Å². The lowest BCUT2D eigenvalue weighted by Gasteiger charge is -2.26. The molecule has 0 amide bonds. The van der Waals surface area contributed by atoms with Crippen LogP contribution in [0.25, 0.3) is 72.0 Å². The largest absolute Gasteiger partial charge is 0.416 e. The summed E-state index contributed by atoms with van der Waals surface area (Å²) in [5.74, 6) is 0. The molecule has 0 spiro atoms. The van der Waals surface area contributed by atoms with Crippen LogP contribution in [0.5, 0.6) is 0 Å². The van der Waals surface area contributed by atoms with Crippen LogP contribution in [0.3, 0.4) is 0 Å². The van der Waals surface area contributed by atoms with Crippen LogP contribution >= 0.6 is 0 Å². The zero-order chi connectivity index (χ0) is 40.6. The van der Waals surface area contributed by atoms with Crippen LogP contribution in [0, 0.1) is 0 Å². The molecule has 60 heavy (non-hydrogen) atoms. The van der Waals surface area contributed by atoms with E-state index >= 15 is 0 Å². The van der Waals surface area contributed by atoms with Gasteiger partial charge in [0.2, 0.25) is 0 Å². The van der Waals surface area contributed by atoms with Crippen molar-refractivity contribution in [2.24, 2.45) is 0 Å². The first-order valence-electron chi connectivity index (χ1n) is 19.9. The molecule has 1 heterocycles. The van der Waals surface area contributed by atoms with Crippen molar-refractivity contribution in [2.75, 3.05) is 4.90 Å². The van der Waals surface area contributed by atoms with E-state index in [1.54, 1.807) is 0 Å². The van der Waals surface area contributed by atoms with Crippen LogP contribution in [0.4, 0.5) is 30.2 Å². The van der Waals surface area contributed by atoms with E-state index in [1.165, 1.54) is 45.1 Å². The molecule has 0 unspecified atom stereocenters. The Morgan fingerprint density at radius 1 is 0.300 bits per heavy atom. The van der Waals surface area contributed by atoms with Crippen LogP contribution < -0.4 is 4.90 Å². The molecule has 0 fully saturated rings. The number of rotatable bonds is 8. The minimum atomic E-state index is -4.38. The van der Waals surface area contributed by atoms with Crippen molar-refractivity contribution in [3.05, 3.63) is 230 Å². The maximum atomic E-state index is 13.3. The van der Waals surface area contributed by atoms with Gasteiger partial charge in [0.15, 0.2) is 0 Å². The second-order valence-electron chi connectivity index (χ2n) is 14.9. The number of anilines is 3. The zero-order valence-corrected chi connectivity index (χ0v) is 32.4. The van der Waals surface area contributed by atoms with Gasteiger partial charge in [0.05, 0.1) is 16.6 Å². The van der Waals surface area contributed by atoms with Gasteiger partial charge in [-0.1, -0.05) is 152 Å². The van der Waals surface area contributed by atoms with Crippen molar-refractivity contribution in [2.45, 2.75) is 6.18 Å². The van der Waals surface area contributed by atoms with Crippen molar-refractivity contribution in [3.63, 3.8) is 0 Å². The fourth-order valence-electron chi connectivity index (χ4n) is 8.20. The zero-order valence-electron chi connectivity index (χ0n) is 32.4. The SMILES string of the molecule is FC(F)(F)c1ccc(-c2ccc(N(c3ccc(-c4ccc(-c5ccccc5)cc4)cc3)c3ccc(-c4ccc(-n5c6ccccc6c6ccccc65)cc4)cc3)cc2)cc1. The normalized spacial score (nSPS) is 11.6. The van der Waals surface area contributed by atoms with E-state index in [0.717, 1.165) is 68.3 Å². The highest BCUT2D eigenvalue weighted by atomic mass is 19.4. The summed E-state index contributed by atoms with van der Waals surface area (Å²) in [6.07, 6.45) is -4.38. The maximum absolute atomic E-state index is 13.3. The second-order valence-corrected chi connectivity index (χ2v) is 14.9. The third-order valence-corrected chi connectivity index (χ3v) is 11.3. The standard InChI is InChI=1S/C55H37F3N2/c56-55(57,58)46-28-18-41(19-29-46)43-22-32-48(33-23-43)59(47-30-20-42(21-31-47)40-16-14-39(15-17-40)38-8-2-1-3-9-38)49-34-24-44(25-35-49)45-26-36-50(37-27-45)60-53-12-6-4-10-51(53)52-11-5-7-13-54(52)60/h1-37H. The Morgan fingerprint density at radius 3 is 0.983 bits per heavy atom. The van der Waals surface area contributed by atoms with E-state index in [4.69, 9.17) is 0 Å². The highest BCUT2D eigenvalue weighted by Crippen LogP contribution is 2.39. The number of para-hydroxylation sites is 2.